The first kappa shape index (κ1) is 30.4. The van der Waals surface area contributed by atoms with Crippen molar-refractivity contribution in [1.29, 1.82) is 5.26 Å². The molecule has 1 aromatic heterocycles. The molecule has 0 saturated carbocycles. The summed E-state index contributed by atoms with van der Waals surface area (Å²) >= 11 is 0. The molecule has 5 heteroatoms. The Morgan fingerprint density at radius 2 is 1.00 bits per heavy atom. The molecule has 54 heavy (non-hydrogen) atoms. The molecule has 0 radical (unpaired) electrons. The van der Waals surface area contributed by atoms with Gasteiger partial charge in [0.15, 0.2) is 0 Å². The van der Waals surface area contributed by atoms with Crippen LogP contribution in [0.4, 0.5) is 0 Å². The van der Waals surface area contributed by atoms with Gasteiger partial charge in [-0.2, -0.15) is 5.26 Å². The molecule has 9 aromatic rings. The number of hydrogen-bond donors (Lipinski definition) is 0. The Labute approximate surface area is 312 Å². The van der Waals surface area contributed by atoms with Gasteiger partial charge in [-0.1, -0.05) is 140 Å². The molecule has 3 heterocycles. The predicted octanol–water partition coefficient (Wildman–Crippen LogP) is 10.4. The third kappa shape index (κ3) is 4.57. The Hall–Kier alpha value is -7.29. The minimum atomic E-state index is -0.252. The van der Waals surface area contributed by atoms with Gasteiger partial charge in [0.25, 0.3) is 6.71 Å². The summed E-state index contributed by atoms with van der Waals surface area (Å²) in [6.45, 7) is -0.252. The van der Waals surface area contributed by atoms with Crippen LogP contribution in [0.15, 0.2) is 176 Å². The predicted molar refractivity (Wildman–Crippen MR) is 219 cm³/mol. The van der Waals surface area contributed by atoms with Gasteiger partial charge in [0.05, 0.1) is 22.3 Å². The molecule has 11 rings (SSSR count). The van der Waals surface area contributed by atoms with Crippen LogP contribution in [0.5, 0.6) is 23.0 Å². The Balaban J connectivity index is 1.23. The van der Waals surface area contributed by atoms with E-state index in [9.17, 15) is 5.26 Å². The van der Waals surface area contributed by atoms with E-state index in [4.69, 9.17) is 9.47 Å². The lowest BCUT2D eigenvalue weighted by atomic mass is 9.34. The minimum Gasteiger partial charge on any atom is -0.458 e. The molecule has 0 aliphatic carbocycles. The first-order chi connectivity index (χ1) is 26.7. The van der Waals surface area contributed by atoms with Gasteiger partial charge in [0, 0.05) is 27.9 Å². The molecule has 2 aliphatic rings. The normalized spacial score (nSPS) is 12.3. The van der Waals surface area contributed by atoms with E-state index in [1.165, 1.54) is 10.8 Å². The molecular formula is C49H29BN2O2. The Morgan fingerprint density at radius 3 is 1.61 bits per heavy atom. The Morgan fingerprint density at radius 1 is 0.463 bits per heavy atom. The van der Waals surface area contributed by atoms with Crippen LogP contribution in [0.1, 0.15) is 5.56 Å². The number of nitriles is 1. The molecule has 8 aromatic carbocycles. The number of rotatable bonds is 4. The van der Waals surface area contributed by atoms with E-state index >= 15 is 0 Å². The third-order valence-corrected chi connectivity index (χ3v) is 10.9. The summed E-state index contributed by atoms with van der Waals surface area (Å²) in [7, 11) is 0. The maximum absolute atomic E-state index is 10.6. The number of ether oxygens (including phenoxy) is 2. The second kappa shape index (κ2) is 11.9. The summed E-state index contributed by atoms with van der Waals surface area (Å²) in [5.74, 6) is 2.81. The van der Waals surface area contributed by atoms with Crippen LogP contribution < -0.4 is 25.9 Å². The topological polar surface area (TPSA) is 47.2 Å². The van der Waals surface area contributed by atoms with E-state index in [-0.39, 0.29) is 6.71 Å². The number of benzene rings is 8. The summed E-state index contributed by atoms with van der Waals surface area (Å²) in [5, 5.41) is 13.0. The van der Waals surface area contributed by atoms with E-state index in [1.54, 1.807) is 0 Å². The zero-order chi connectivity index (χ0) is 35.8. The lowest BCUT2D eigenvalue weighted by Gasteiger charge is -2.35. The second-order valence-corrected chi connectivity index (χ2v) is 14.0. The van der Waals surface area contributed by atoms with Crippen molar-refractivity contribution < 1.29 is 9.47 Å². The highest BCUT2D eigenvalue weighted by Crippen LogP contribution is 2.43. The Kier molecular flexibility index (Phi) is 6.68. The fraction of sp³-hybridized carbons (Fsp3) is 0. The number of fused-ring (bicyclic) bond motifs is 7. The number of para-hydroxylation sites is 2. The van der Waals surface area contributed by atoms with Gasteiger partial charge in [-0.05, 0) is 69.1 Å². The minimum absolute atomic E-state index is 0.252. The van der Waals surface area contributed by atoms with E-state index in [0.29, 0.717) is 17.1 Å². The van der Waals surface area contributed by atoms with Gasteiger partial charge in [0.2, 0.25) is 0 Å². The first-order valence-corrected chi connectivity index (χ1v) is 18.2. The SMILES string of the molecule is N#Cc1cc(-c2ccccc2)cc2c1Oc1cc(-c3ccccc3)cc3c1B2c1cc(-c2ccccc2)c(-n2c4ccccc4c4ccccc42)cc1O3. The van der Waals surface area contributed by atoms with Crippen molar-refractivity contribution in [2.24, 2.45) is 0 Å². The molecule has 0 N–H and O–H groups in total. The van der Waals surface area contributed by atoms with E-state index in [0.717, 1.165) is 78.0 Å². The number of aromatic nitrogens is 1. The molecule has 0 saturated heterocycles. The molecule has 0 bridgehead atoms. The molecule has 0 unspecified atom stereocenters. The van der Waals surface area contributed by atoms with Crippen molar-refractivity contribution in [1.82, 2.24) is 4.57 Å². The van der Waals surface area contributed by atoms with Crippen molar-refractivity contribution >= 4 is 44.9 Å². The lowest BCUT2D eigenvalue weighted by molar-refractivity contribution is 0.464. The largest absolute Gasteiger partial charge is 0.458 e. The molecule has 250 valence electrons. The first-order valence-electron chi connectivity index (χ1n) is 18.2. The molecule has 0 spiro atoms. The summed E-state index contributed by atoms with van der Waals surface area (Å²) < 4.78 is 16.2. The average Bonchev–Trinajstić information content (AvgIpc) is 3.58. The van der Waals surface area contributed by atoms with Crippen LogP contribution in [0.25, 0.3) is 60.9 Å². The van der Waals surface area contributed by atoms with E-state index in [2.05, 4.69) is 144 Å². The molecule has 4 nitrogen and oxygen atoms in total. The van der Waals surface area contributed by atoms with Crippen LogP contribution in [-0.2, 0) is 0 Å². The highest BCUT2D eigenvalue weighted by Gasteiger charge is 2.42. The standard InChI is InChI=1S/C49H29BN2O2/c51-30-36-24-34(31-14-4-1-5-15-31)25-41-49(36)54-47-27-35(32-16-6-2-7-17-32)26-46-48(47)50(41)40-28-39(33-18-8-3-9-19-33)44(29-45(40)53-46)52-42-22-12-10-20-37(42)38-21-11-13-23-43(38)52/h1-29H. The smallest absolute Gasteiger partial charge is 0.260 e. The number of nitrogens with zero attached hydrogens (tertiary/aromatic N) is 2. The van der Waals surface area contributed by atoms with Crippen LogP contribution in [0.2, 0.25) is 0 Å². The van der Waals surface area contributed by atoms with Crippen LogP contribution in [0.3, 0.4) is 0 Å². The van der Waals surface area contributed by atoms with Crippen molar-refractivity contribution in [3.8, 4) is 68.1 Å². The van der Waals surface area contributed by atoms with Crippen molar-refractivity contribution in [3.63, 3.8) is 0 Å². The van der Waals surface area contributed by atoms with Gasteiger partial charge in [-0.25, -0.2) is 0 Å². The lowest BCUT2D eigenvalue weighted by Crippen LogP contribution is -2.57. The zero-order valence-electron chi connectivity index (χ0n) is 29.0. The molecular weight excluding hydrogens is 659 g/mol. The van der Waals surface area contributed by atoms with Crippen LogP contribution in [-0.4, -0.2) is 11.3 Å². The summed E-state index contributed by atoms with van der Waals surface area (Å²) in [6.07, 6.45) is 0. The average molecular weight is 689 g/mol. The van der Waals surface area contributed by atoms with Gasteiger partial charge in [-0.15, -0.1) is 0 Å². The summed E-state index contributed by atoms with van der Waals surface area (Å²) in [6, 6.07) is 63.7. The molecule has 2 aliphatic heterocycles. The van der Waals surface area contributed by atoms with E-state index in [1.807, 2.05) is 42.5 Å². The van der Waals surface area contributed by atoms with Crippen LogP contribution >= 0.6 is 0 Å². The van der Waals surface area contributed by atoms with Gasteiger partial charge in [0.1, 0.15) is 29.1 Å². The van der Waals surface area contributed by atoms with Crippen molar-refractivity contribution in [2.45, 2.75) is 0 Å². The third-order valence-electron chi connectivity index (χ3n) is 10.9. The molecule has 0 amide bonds. The van der Waals surface area contributed by atoms with Crippen LogP contribution in [0, 0.1) is 11.3 Å². The maximum Gasteiger partial charge on any atom is 0.260 e. The van der Waals surface area contributed by atoms with Gasteiger partial charge in [-0.3, -0.25) is 0 Å². The molecule has 0 fully saturated rings. The summed E-state index contributed by atoms with van der Waals surface area (Å²) in [4.78, 5) is 0. The molecule has 0 atom stereocenters. The van der Waals surface area contributed by atoms with E-state index < -0.39 is 0 Å². The van der Waals surface area contributed by atoms with Crippen molar-refractivity contribution in [2.75, 3.05) is 0 Å². The quantitative estimate of drug-likeness (QED) is 0.173. The number of hydrogen-bond acceptors (Lipinski definition) is 3. The fourth-order valence-corrected chi connectivity index (χ4v) is 8.53. The zero-order valence-corrected chi connectivity index (χ0v) is 29.0. The highest BCUT2D eigenvalue weighted by atomic mass is 16.5. The van der Waals surface area contributed by atoms with Gasteiger partial charge >= 0.3 is 0 Å². The Bertz CT molecular complexity index is 2950. The second-order valence-electron chi connectivity index (χ2n) is 14.0. The van der Waals surface area contributed by atoms with Crippen molar-refractivity contribution in [3.05, 3.63) is 181 Å². The monoisotopic (exact) mass is 688 g/mol. The van der Waals surface area contributed by atoms with Gasteiger partial charge < -0.3 is 14.0 Å². The highest BCUT2D eigenvalue weighted by molar-refractivity contribution is 6.98. The fourth-order valence-electron chi connectivity index (χ4n) is 8.53. The summed E-state index contributed by atoms with van der Waals surface area (Å²) in [5.41, 5.74) is 13.0. The maximum atomic E-state index is 10.6.